The zero-order valence-corrected chi connectivity index (χ0v) is 21.2. The average Bonchev–Trinajstić information content (AvgIpc) is 2.96. The van der Waals surface area contributed by atoms with Crippen molar-refractivity contribution in [2.24, 2.45) is 0 Å². The number of hydrogen-bond acceptors (Lipinski definition) is 10. The van der Waals surface area contributed by atoms with Crippen molar-refractivity contribution in [2.45, 2.75) is 37.6 Å². The van der Waals surface area contributed by atoms with Crippen LogP contribution in [0.1, 0.15) is 27.6 Å². The monoisotopic (exact) mass is 550 g/mol. The van der Waals surface area contributed by atoms with Gasteiger partial charge in [-0.15, -0.1) is 0 Å². The molecule has 12 nitrogen and oxygen atoms in total. The van der Waals surface area contributed by atoms with Crippen molar-refractivity contribution in [2.75, 3.05) is 6.61 Å². The van der Waals surface area contributed by atoms with Crippen molar-refractivity contribution in [3.63, 3.8) is 0 Å². The SMILES string of the molecule is CC(=O)N[C@H]1[C@H](Oc2ccc([N+](=O)[O-])cc2)O[C@H](COC(=O)c2ccccc2)[C@H](O)[C@@H]1OC(=O)c1ccccc1. The number of nitro benzene ring substituents is 1. The Morgan fingerprint density at radius 2 is 1.50 bits per heavy atom. The lowest BCUT2D eigenvalue weighted by molar-refractivity contribution is -0.384. The quantitative estimate of drug-likeness (QED) is 0.230. The highest BCUT2D eigenvalue weighted by atomic mass is 16.7. The Bertz CT molecular complexity index is 1330. The maximum Gasteiger partial charge on any atom is 0.338 e. The van der Waals surface area contributed by atoms with Crippen LogP contribution in [0.25, 0.3) is 0 Å². The van der Waals surface area contributed by atoms with E-state index in [1.54, 1.807) is 48.5 Å². The summed E-state index contributed by atoms with van der Waals surface area (Å²) >= 11 is 0. The Labute approximate surface area is 228 Å². The zero-order chi connectivity index (χ0) is 28.6. The maximum absolute atomic E-state index is 12.9. The Kier molecular flexibility index (Phi) is 9.04. The third-order valence-electron chi connectivity index (χ3n) is 5.98. The number of aliphatic hydroxyl groups excluding tert-OH is 1. The van der Waals surface area contributed by atoms with Gasteiger partial charge in [0.1, 0.15) is 30.6 Å². The van der Waals surface area contributed by atoms with Crippen molar-refractivity contribution in [1.82, 2.24) is 5.32 Å². The highest BCUT2D eigenvalue weighted by Gasteiger charge is 2.50. The molecule has 4 rings (SSSR count). The fourth-order valence-corrected chi connectivity index (χ4v) is 4.04. The number of non-ortho nitro benzene ring substituents is 1. The molecular weight excluding hydrogens is 524 g/mol. The summed E-state index contributed by atoms with van der Waals surface area (Å²) in [5, 5.41) is 24.8. The molecule has 0 saturated carbocycles. The molecule has 0 aliphatic carbocycles. The second kappa shape index (κ2) is 12.8. The molecule has 1 aliphatic heterocycles. The standard InChI is InChI=1S/C28H26N2O10/c1-17(31)29-23-25(40-27(34)19-10-6-3-7-11-19)24(32)22(16-37-26(33)18-8-4-2-5-9-18)39-28(23)38-21-14-12-20(13-15-21)30(35)36/h2-15,22-25,28,32H,16H2,1H3,(H,29,31)/t22-,23-,24+,25-,28-/m1/s1. The zero-order valence-electron chi connectivity index (χ0n) is 21.2. The van der Waals surface area contributed by atoms with Crippen LogP contribution < -0.4 is 10.1 Å². The summed E-state index contributed by atoms with van der Waals surface area (Å²) in [4.78, 5) is 48.0. The number of aliphatic hydroxyl groups is 1. The van der Waals surface area contributed by atoms with E-state index in [2.05, 4.69) is 5.32 Å². The van der Waals surface area contributed by atoms with E-state index in [1.807, 2.05) is 0 Å². The molecule has 0 aromatic heterocycles. The molecule has 1 saturated heterocycles. The van der Waals surface area contributed by atoms with E-state index in [1.165, 1.54) is 43.3 Å². The molecule has 208 valence electrons. The Morgan fingerprint density at radius 3 is 2.05 bits per heavy atom. The molecule has 1 amide bonds. The van der Waals surface area contributed by atoms with Crippen molar-refractivity contribution in [1.29, 1.82) is 0 Å². The summed E-state index contributed by atoms with van der Waals surface area (Å²) in [6.45, 7) is 0.778. The first-order chi connectivity index (χ1) is 19.2. The molecular formula is C28H26N2O10. The third-order valence-corrected chi connectivity index (χ3v) is 5.98. The molecule has 40 heavy (non-hydrogen) atoms. The fraction of sp³-hybridized carbons (Fsp3) is 0.250. The molecule has 0 radical (unpaired) electrons. The fourth-order valence-electron chi connectivity index (χ4n) is 4.04. The van der Waals surface area contributed by atoms with Crippen LogP contribution in [0.5, 0.6) is 5.75 Å². The first kappa shape index (κ1) is 28.2. The Balaban J connectivity index is 1.61. The van der Waals surface area contributed by atoms with E-state index in [-0.39, 0.29) is 22.6 Å². The minimum Gasteiger partial charge on any atom is -0.463 e. The summed E-state index contributed by atoms with van der Waals surface area (Å²) in [6.07, 6.45) is -5.55. The average molecular weight is 551 g/mol. The lowest BCUT2D eigenvalue weighted by Gasteiger charge is -2.43. The van der Waals surface area contributed by atoms with Crippen molar-refractivity contribution >= 4 is 23.5 Å². The van der Waals surface area contributed by atoms with Crippen LogP contribution in [0.2, 0.25) is 0 Å². The Hall–Kier alpha value is -4.81. The molecule has 2 N–H and O–H groups in total. The van der Waals surface area contributed by atoms with Gasteiger partial charge in [-0.3, -0.25) is 14.9 Å². The molecule has 3 aromatic carbocycles. The van der Waals surface area contributed by atoms with Gasteiger partial charge in [-0.2, -0.15) is 0 Å². The molecule has 0 spiro atoms. The Morgan fingerprint density at radius 1 is 0.925 bits per heavy atom. The number of carbonyl (C=O) groups is 3. The highest BCUT2D eigenvalue weighted by molar-refractivity contribution is 5.90. The van der Waals surface area contributed by atoms with Crippen LogP contribution in [0.4, 0.5) is 5.69 Å². The number of hydrogen-bond donors (Lipinski definition) is 2. The number of esters is 2. The predicted molar refractivity (Wildman–Crippen MR) is 138 cm³/mol. The van der Waals surface area contributed by atoms with E-state index >= 15 is 0 Å². The second-order valence-electron chi connectivity index (χ2n) is 8.83. The molecule has 3 aromatic rings. The van der Waals surface area contributed by atoms with Crippen LogP contribution in [0, 0.1) is 10.1 Å². The van der Waals surface area contributed by atoms with Crippen molar-refractivity contribution < 1.29 is 43.4 Å². The number of nitrogens with zero attached hydrogens (tertiary/aromatic N) is 1. The van der Waals surface area contributed by atoms with Crippen LogP contribution >= 0.6 is 0 Å². The van der Waals surface area contributed by atoms with E-state index in [4.69, 9.17) is 18.9 Å². The summed E-state index contributed by atoms with van der Waals surface area (Å²) < 4.78 is 22.8. The van der Waals surface area contributed by atoms with Crippen LogP contribution in [-0.2, 0) is 19.0 Å². The molecule has 1 aliphatic rings. The van der Waals surface area contributed by atoms with E-state index in [0.29, 0.717) is 0 Å². The van der Waals surface area contributed by atoms with E-state index in [9.17, 15) is 29.6 Å². The van der Waals surface area contributed by atoms with Gasteiger partial charge in [0.25, 0.3) is 5.69 Å². The number of ether oxygens (including phenoxy) is 4. The molecule has 0 bridgehead atoms. The summed E-state index contributed by atoms with van der Waals surface area (Å²) in [7, 11) is 0. The van der Waals surface area contributed by atoms with Crippen LogP contribution in [-0.4, -0.2) is 65.1 Å². The van der Waals surface area contributed by atoms with Crippen molar-refractivity contribution in [3.05, 3.63) is 106 Å². The number of benzene rings is 3. The molecule has 5 atom stereocenters. The largest absolute Gasteiger partial charge is 0.463 e. The van der Waals surface area contributed by atoms with Gasteiger partial charge in [0, 0.05) is 19.1 Å². The number of carbonyl (C=O) groups excluding carboxylic acids is 3. The number of amides is 1. The van der Waals surface area contributed by atoms with Crippen LogP contribution in [0.3, 0.4) is 0 Å². The molecule has 1 heterocycles. The number of nitro groups is 1. The van der Waals surface area contributed by atoms with Gasteiger partial charge >= 0.3 is 11.9 Å². The van der Waals surface area contributed by atoms with E-state index in [0.717, 1.165) is 0 Å². The van der Waals surface area contributed by atoms with Gasteiger partial charge < -0.3 is 29.4 Å². The van der Waals surface area contributed by atoms with Gasteiger partial charge in [-0.05, 0) is 36.4 Å². The third kappa shape index (κ3) is 6.98. The van der Waals surface area contributed by atoms with Crippen molar-refractivity contribution in [3.8, 4) is 5.75 Å². The number of rotatable bonds is 9. The lowest BCUT2D eigenvalue weighted by Crippen LogP contribution is -2.66. The van der Waals surface area contributed by atoms with E-state index < -0.39 is 60.0 Å². The first-order valence-corrected chi connectivity index (χ1v) is 12.2. The van der Waals surface area contributed by atoms with Crippen LogP contribution in [0.15, 0.2) is 84.9 Å². The summed E-state index contributed by atoms with van der Waals surface area (Å²) in [5.41, 5.74) is 0.295. The second-order valence-corrected chi connectivity index (χ2v) is 8.83. The van der Waals surface area contributed by atoms with Gasteiger partial charge in [0.15, 0.2) is 6.10 Å². The normalized spacial score (nSPS) is 22.0. The summed E-state index contributed by atoms with van der Waals surface area (Å²) in [5.74, 6) is -1.86. The highest BCUT2D eigenvalue weighted by Crippen LogP contribution is 2.28. The summed E-state index contributed by atoms with van der Waals surface area (Å²) in [6, 6.07) is 20.1. The van der Waals surface area contributed by atoms with Gasteiger partial charge in [-0.1, -0.05) is 36.4 Å². The van der Waals surface area contributed by atoms with Gasteiger partial charge in [0.2, 0.25) is 12.2 Å². The maximum atomic E-state index is 12.9. The molecule has 12 heteroatoms. The minimum atomic E-state index is -1.55. The van der Waals surface area contributed by atoms with Gasteiger partial charge in [-0.25, -0.2) is 9.59 Å². The lowest BCUT2D eigenvalue weighted by atomic mass is 9.96. The molecule has 0 unspecified atom stereocenters. The smallest absolute Gasteiger partial charge is 0.338 e. The number of nitrogens with one attached hydrogen (secondary N) is 1. The minimum absolute atomic E-state index is 0.135. The predicted octanol–water partition coefficient (Wildman–Crippen LogP) is 2.65. The molecule has 1 fully saturated rings. The topological polar surface area (TPSA) is 164 Å². The van der Waals surface area contributed by atoms with Gasteiger partial charge in [0.05, 0.1) is 16.1 Å². The first-order valence-electron chi connectivity index (χ1n) is 12.2.